The average molecular weight is 612 g/mol. The van der Waals surface area contributed by atoms with Crippen LogP contribution in [0.4, 0.5) is 0 Å². The van der Waals surface area contributed by atoms with Crippen molar-refractivity contribution in [3.05, 3.63) is 77.2 Å². The zero-order valence-electron chi connectivity index (χ0n) is 25.6. The molecule has 2 heterocycles. The number of nitrogens with zero attached hydrogens (tertiary/aromatic N) is 1. The van der Waals surface area contributed by atoms with E-state index in [0.717, 1.165) is 0 Å². The Morgan fingerprint density at radius 3 is 1.98 bits per heavy atom. The van der Waals surface area contributed by atoms with Gasteiger partial charge in [0.25, 0.3) is 8.32 Å². The number of ketones is 1. The number of carbonyl (C=O) groups is 1. The topological polar surface area (TPSA) is 81.2 Å². The number of aliphatic hydroxyl groups is 1. The van der Waals surface area contributed by atoms with Crippen LogP contribution in [0.1, 0.15) is 57.8 Å². The summed E-state index contributed by atoms with van der Waals surface area (Å²) < 4.78 is 20.4. The number of aromatic nitrogens is 1. The van der Waals surface area contributed by atoms with Crippen molar-refractivity contribution in [2.45, 2.75) is 95.5 Å². The van der Waals surface area contributed by atoms with Gasteiger partial charge < -0.3 is 18.7 Å². The van der Waals surface area contributed by atoms with Crippen LogP contribution in [-0.4, -0.2) is 63.5 Å². The molecular formula is C32H45NO5SSi2. The van der Waals surface area contributed by atoms with Crippen LogP contribution in [0.3, 0.4) is 0 Å². The molecule has 6 nitrogen and oxygen atoms in total. The summed E-state index contributed by atoms with van der Waals surface area (Å²) in [7, 11) is -5.04. The van der Waals surface area contributed by atoms with Gasteiger partial charge in [0.2, 0.25) is 0 Å². The number of aliphatic hydroxyl groups excluding tert-OH is 1. The second-order valence-electron chi connectivity index (χ2n) is 13.5. The molecule has 4 rings (SSSR count). The van der Waals surface area contributed by atoms with Gasteiger partial charge in [-0.25, -0.2) is 4.98 Å². The highest BCUT2D eigenvalue weighted by molar-refractivity contribution is 7.11. The minimum atomic E-state index is -2.92. The molecule has 0 unspecified atom stereocenters. The number of benzene rings is 2. The molecule has 1 fully saturated rings. The van der Waals surface area contributed by atoms with Gasteiger partial charge >= 0.3 is 0 Å². The fraction of sp³-hybridized carbons (Fsp3) is 0.500. The largest absolute Gasteiger partial charge is 0.414 e. The van der Waals surface area contributed by atoms with E-state index in [1.165, 1.54) is 21.7 Å². The third-order valence-electron chi connectivity index (χ3n) is 8.53. The van der Waals surface area contributed by atoms with E-state index in [4.69, 9.17) is 13.6 Å². The highest BCUT2D eigenvalue weighted by atomic mass is 32.1. The predicted octanol–water partition coefficient (Wildman–Crippen LogP) is 5.81. The smallest absolute Gasteiger partial charge is 0.261 e. The van der Waals surface area contributed by atoms with E-state index in [0.29, 0.717) is 11.6 Å². The van der Waals surface area contributed by atoms with Gasteiger partial charge in [0.1, 0.15) is 12.2 Å². The maximum Gasteiger partial charge on any atom is 0.261 e. The first-order valence-electron chi connectivity index (χ1n) is 14.4. The van der Waals surface area contributed by atoms with Gasteiger partial charge in [0.05, 0.1) is 18.8 Å². The van der Waals surface area contributed by atoms with Gasteiger partial charge in [-0.15, -0.1) is 11.3 Å². The van der Waals surface area contributed by atoms with Gasteiger partial charge in [-0.2, -0.15) is 0 Å². The van der Waals surface area contributed by atoms with Gasteiger partial charge in [-0.1, -0.05) is 102 Å². The standard InChI is InChI=1S/C32H45NO5SSi2/c1-31(2,3)40(7,8)36-22-27(29-28(37-29)25(34)21-26(35)30-33-19-20-39-30)38-41(32(4,5)6,23-15-11-9-12-16-23)24-17-13-10-14-18-24/h9-20,25,27-29,34H,21-22H2,1-8H3/t25-,27-,28-,29+/m1/s1. The molecule has 1 aromatic heterocycles. The Morgan fingerprint density at radius 1 is 0.951 bits per heavy atom. The molecule has 222 valence electrons. The molecule has 0 spiro atoms. The lowest BCUT2D eigenvalue weighted by molar-refractivity contribution is 0.0823. The maximum absolute atomic E-state index is 12.7. The van der Waals surface area contributed by atoms with E-state index in [1.54, 1.807) is 11.6 Å². The van der Waals surface area contributed by atoms with Crippen LogP contribution in [0.25, 0.3) is 0 Å². The lowest BCUT2D eigenvalue weighted by atomic mass is 10.1. The molecule has 0 amide bonds. The van der Waals surface area contributed by atoms with Crippen molar-refractivity contribution < 1.29 is 23.5 Å². The Hall–Kier alpha value is -1.99. The molecule has 2 aromatic carbocycles. The third-order valence-corrected chi connectivity index (χ3v) is 18.9. The van der Waals surface area contributed by atoms with Crippen molar-refractivity contribution in [3.63, 3.8) is 0 Å². The molecule has 1 N–H and O–H groups in total. The molecule has 0 saturated carbocycles. The minimum absolute atomic E-state index is 0.0262. The highest BCUT2D eigenvalue weighted by Gasteiger charge is 2.57. The first-order chi connectivity index (χ1) is 19.2. The molecule has 1 aliphatic heterocycles. The molecule has 41 heavy (non-hydrogen) atoms. The Morgan fingerprint density at radius 2 is 1.51 bits per heavy atom. The van der Waals surface area contributed by atoms with Gasteiger partial charge in [0.15, 0.2) is 19.1 Å². The van der Waals surface area contributed by atoms with Crippen molar-refractivity contribution in [2.24, 2.45) is 0 Å². The summed E-state index contributed by atoms with van der Waals surface area (Å²) in [5.74, 6) is -0.177. The van der Waals surface area contributed by atoms with Gasteiger partial charge in [-0.05, 0) is 33.5 Å². The number of ether oxygens (including phenoxy) is 1. The summed E-state index contributed by atoms with van der Waals surface area (Å²) in [4.78, 5) is 16.8. The molecular weight excluding hydrogens is 567 g/mol. The maximum atomic E-state index is 12.7. The summed E-state index contributed by atoms with van der Waals surface area (Å²) >= 11 is 1.28. The number of carbonyl (C=O) groups excluding carboxylic acids is 1. The zero-order chi connectivity index (χ0) is 30.1. The lowest BCUT2D eigenvalue weighted by Crippen LogP contribution is -2.68. The molecule has 0 aliphatic carbocycles. The number of Topliss-reactive ketones (excluding diaryl/α,β-unsaturated/α-hetero) is 1. The second kappa shape index (κ2) is 12.3. The van der Waals surface area contributed by atoms with E-state index in [-0.39, 0.29) is 28.4 Å². The summed E-state index contributed by atoms with van der Waals surface area (Å²) in [5.41, 5.74) is 0. The number of hydrogen-bond acceptors (Lipinski definition) is 7. The molecule has 1 saturated heterocycles. The molecule has 3 aromatic rings. The normalized spacial score (nSPS) is 19.5. The molecule has 0 bridgehead atoms. The summed E-state index contributed by atoms with van der Waals surface area (Å²) in [6.07, 6.45) is -0.707. The van der Waals surface area contributed by atoms with Gasteiger partial charge in [0, 0.05) is 18.0 Å². The van der Waals surface area contributed by atoms with Crippen molar-refractivity contribution in [2.75, 3.05) is 6.61 Å². The van der Waals surface area contributed by atoms with Crippen molar-refractivity contribution >= 4 is 44.1 Å². The molecule has 0 radical (unpaired) electrons. The average Bonchev–Trinajstić information content (AvgIpc) is 3.51. The summed E-state index contributed by atoms with van der Waals surface area (Å²) in [6.45, 7) is 18.2. The fourth-order valence-corrected chi connectivity index (χ4v) is 11.4. The first kappa shape index (κ1) is 31.9. The van der Waals surface area contributed by atoms with Crippen LogP contribution in [0.5, 0.6) is 0 Å². The van der Waals surface area contributed by atoms with E-state index in [9.17, 15) is 9.90 Å². The van der Waals surface area contributed by atoms with E-state index in [1.807, 2.05) is 12.1 Å². The highest BCUT2D eigenvalue weighted by Crippen LogP contribution is 2.42. The van der Waals surface area contributed by atoms with E-state index < -0.39 is 34.9 Å². The minimum Gasteiger partial charge on any atom is -0.414 e. The van der Waals surface area contributed by atoms with Crippen LogP contribution in [0.2, 0.25) is 23.2 Å². The number of thiazole rings is 1. The Bertz CT molecular complexity index is 1230. The Balaban J connectivity index is 1.70. The Labute approximate surface area is 251 Å². The van der Waals surface area contributed by atoms with Crippen LogP contribution >= 0.6 is 11.3 Å². The second-order valence-corrected chi connectivity index (χ2v) is 23.4. The Kier molecular flexibility index (Phi) is 9.60. The van der Waals surface area contributed by atoms with Crippen LogP contribution in [-0.2, 0) is 13.6 Å². The predicted molar refractivity (Wildman–Crippen MR) is 171 cm³/mol. The fourth-order valence-electron chi connectivity index (χ4n) is 5.12. The van der Waals surface area contributed by atoms with Crippen LogP contribution in [0.15, 0.2) is 72.2 Å². The van der Waals surface area contributed by atoms with Crippen molar-refractivity contribution in [3.8, 4) is 0 Å². The van der Waals surface area contributed by atoms with E-state index in [2.05, 4.69) is 108 Å². The summed E-state index contributed by atoms with van der Waals surface area (Å²) in [5, 5.41) is 15.4. The SMILES string of the molecule is CC(C)(C)[Si](C)(C)OC[C@@H](O[Si](c1ccccc1)(c1ccccc1)C(C)(C)C)[C@@H]1O[C@@H]1[C@H](O)CC(=O)c1nccs1. The number of epoxide rings is 1. The molecule has 1 aliphatic rings. The monoisotopic (exact) mass is 611 g/mol. The number of rotatable bonds is 12. The van der Waals surface area contributed by atoms with Crippen molar-refractivity contribution in [1.29, 1.82) is 0 Å². The van der Waals surface area contributed by atoms with E-state index >= 15 is 0 Å². The molecule has 9 heteroatoms. The summed E-state index contributed by atoms with van der Waals surface area (Å²) in [6, 6.07) is 21.0. The van der Waals surface area contributed by atoms with Crippen molar-refractivity contribution in [1.82, 2.24) is 4.98 Å². The van der Waals surface area contributed by atoms with Gasteiger partial charge in [-0.3, -0.25) is 4.79 Å². The first-order valence-corrected chi connectivity index (χ1v) is 20.1. The number of hydrogen-bond donors (Lipinski definition) is 1. The third kappa shape index (κ3) is 6.99. The zero-order valence-corrected chi connectivity index (χ0v) is 28.4. The quantitative estimate of drug-likeness (QED) is 0.158. The van der Waals surface area contributed by atoms with Crippen LogP contribution < -0.4 is 10.4 Å². The van der Waals surface area contributed by atoms with Crippen LogP contribution in [0, 0.1) is 0 Å². The molecule has 4 atom stereocenters. The lowest BCUT2D eigenvalue weighted by Gasteiger charge is -2.45.